The Kier molecular flexibility index (Phi) is 6.51. The molecule has 2 aromatic rings. The maximum absolute atomic E-state index is 13.4. The van der Waals surface area contributed by atoms with Gasteiger partial charge < -0.3 is 19.5 Å². The summed E-state index contributed by atoms with van der Waals surface area (Å²) in [6, 6.07) is 5.72. The smallest absolute Gasteiger partial charge is 0.433 e. The summed E-state index contributed by atoms with van der Waals surface area (Å²) in [6.07, 6.45) is -2.56. The summed E-state index contributed by atoms with van der Waals surface area (Å²) in [5.41, 5.74) is -0.472. The highest BCUT2D eigenvalue weighted by atomic mass is 32.2. The number of thioether (sulfide) groups is 1. The molecule has 0 bridgehead atoms. The number of carbonyl (C=O) groups excluding carboxylic acids is 1. The number of hydrogen-bond acceptors (Lipinski definition) is 7. The molecule has 2 aliphatic heterocycles. The van der Waals surface area contributed by atoms with Crippen LogP contribution in [0.25, 0.3) is 11.3 Å². The molecule has 1 aromatic carbocycles. The van der Waals surface area contributed by atoms with E-state index < -0.39 is 11.9 Å². The van der Waals surface area contributed by atoms with Crippen molar-refractivity contribution < 1.29 is 32.2 Å². The van der Waals surface area contributed by atoms with E-state index in [1.165, 1.54) is 0 Å². The maximum Gasteiger partial charge on any atom is 0.433 e. The lowest BCUT2D eigenvalue weighted by Gasteiger charge is -2.12. The highest BCUT2D eigenvalue weighted by Crippen LogP contribution is 2.37. The molecule has 166 valence electrons. The molecule has 31 heavy (non-hydrogen) atoms. The monoisotopic (exact) mass is 455 g/mol. The Balaban J connectivity index is 1.43. The zero-order chi connectivity index (χ0) is 21.8. The molecule has 1 atom stereocenters. The van der Waals surface area contributed by atoms with Crippen molar-refractivity contribution in [2.45, 2.75) is 36.7 Å². The van der Waals surface area contributed by atoms with E-state index in [0.29, 0.717) is 30.2 Å². The Labute approximate surface area is 180 Å². The topological polar surface area (TPSA) is 82.6 Å². The number of carbonyl (C=O) groups is 1. The molecule has 7 nitrogen and oxygen atoms in total. The first-order valence-corrected chi connectivity index (χ1v) is 10.7. The van der Waals surface area contributed by atoms with E-state index >= 15 is 0 Å². The molecule has 0 radical (unpaired) electrons. The molecule has 1 N–H and O–H groups in total. The molecule has 0 unspecified atom stereocenters. The van der Waals surface area contributed by atoms with E-state index in [2.05, 4.69) is 15.3 Å². The summed E-state index contributed by atoms with van der Waals surface area (Å²) >= 11 is 1.00. The molecular formula is C20H20F3N3O4S. The molecule has 3 heterocycles. The molecule has 0 aliphatic carbocycles. The van der Waals surface area contributed by atoms with Gasteiger partial charge in [0.1, 0.15) is 5.69 Å². The van der Waals surface area contributed by atoms with Crippen molar-refractivity contribution in [2.24, 2.45) is 0 Å². The van der Waals surface area contributed by atoms with Crippen LogP contribution in [-0.4, -0.2) is 47.7 Å². The Hall–Kier alpha value is -2.53. The molecule has 1 fully saturated rings. The first kappa shape index (κ1) is 21.7. The van der Waals surface area contributed by atoms with Gasteiger partial charge in [-0.25, -0.2) is 9.97 Å². The van der Waals surface area contributed by atoms with Crippen LogP contribution in [0.5, 0.6) is 11.5 Å². The second-order valence-electron chi connectivity index (χ2n) is 7.02. The second-order valence-corrected chi connectivity index (χ2v) is 8.09. The minimum absolute atomic E-state index is 0.0349. The third kappa shape index (κ3) is 5.59. The molecule has 11 heteroatoms. The van der Waals surface area contributed by atoms with Crippen molar-refractivity contribution in [3.8, 4) is 22.8 Å². The fraction of sp³-hybridized carbons (Fsp3) is 0.450. The number of nitrogens with zero attached hydrogens (tertiary/aromatic N) is 2. The van der Waals surface area contributed by atoms with Crippen LogP contribution in [0.1, 0.15) is 25.0 Å². The van der Waals surface area contributed by atoms with Crippen LogP contribution in [0.3, 0.4) is 0 Å². The predicted molar refractivity (Wildman–Crippen MR) is 106 cm³/mol. The van der Waals surface area contributed by atoms with Crippen LogP contribution < -0.4 is 14.8 Å². The number of nitrogens with one attached hydrogen (secondary N) is 1. The van der Waals surface area contributed by atoms with Crippen LogP contribution in [0.2, 0.25) is 0 Å². The van der Waals surface area contributed by atoms with E-state index in [0.717, 1.165) is 30.7 Å². The predicted octanol–water partition coefficient (Wildman–Crippen LogP) is 3.67. The quantitative estimate of drug-likeness (QED) is 0.504. The zero-order valence-corrected chi connectivity index (χ0v) is 17.2. The van der Waals surface area contributed by atoms with Gasteiger partial charge in [-0.05, 0) is 37.1 Å². The lowest BCUT2D eigenvalue weighted by molar-refractivity contribution is -0.141. The van der Waals surface area contributed by atoms with Crippen molar-refractivity contribution in [1.82, 2.24) is 15.3 Å². The van der Waals surface area contributed by atoms with Crippen molar-refractivity contribution in [3.05, 3.63) is 30.0 Å². The Morgan fingerprint density at radius 1 is 1.19 bits per heavy atom. The van der Waals surface area contributed by atoms with Crippen molar-refractivity contribution in [1.29, 1.82) is 0 Å². The van der Waals surface area contributed by atoms with E-state index in [1.807, 2.05) is 0 Å². The third-order valence-electron chi connectivity index (χ3n) is 4.78. The van der Waals surface area contributed by atoms with Crippen LogP contribution in [-0.2, 0) is 15.7 Å². The van der Waals surface area contributed by atoms with Gasteiger partial charge in [0.25, 0.3) is 0 Å². The van der Waals surface area contributed by atoms with Crippen molar-refractivity contribution in [3.63, 3.8) is 0 Å². The lowest BCUT2D eigenvalue weighted by atomic mass is 10.1. The molecule has 1 aromatic heterocycles. The Morgan fingerprint density at radius 3 is 2.81 bits per heavy atom. The normalized spacial score (nSPS) is 17.7. The average molecular weight is 455 g/mol. The maximum atomic E-state index is 13.4. The van der Waals surface area contributed by atoms with Gasteiger partial charge >= 0.3 is 6.18 Å². The van der Waals surface area contributed by atoms with E-state index in [9.17, 15) is 18.0 Å². The number of fused-ring (bicyclic) bond motifs is 1. The first-order chi connectivity index (χ1) is 14.9. The zero-order valence-electron chi connectivity index (χ0n) is 16.4. The fourth-order valence-electron chi connectivity index (χ4n) is 3.20. The van der Waals surface area contributed by atoms with Gasteiger partial charge in [-0.3, -0.25) is 4.79 Å². The van der Waals surface area contributed by atoms with Gasteiger partial charge in [-0.2, -0.15) is 13.2 Å². The minimum atomic E-state index is -4.62. The summed E-state index contributed by atoms with van der Waals surface area (Å²) in [5, 5.41) is 2.74. The van der Waals surface area contributed by atoms with Gasteiger partial charge in [0.05, 0.1) is 11.8 Å². The number of amides is 1. The van der Waals surface area contributed by atoms with E-state index in [4.69, 9.17) is 14.2 Å². The lowest BCUT2D eigenvalue weighted by Crippen LogP contribution is -2.31. The van der Waals surface area contributed by atoms with Crippen molar-refractivity contribution >= 4 is 17.7 Å². The number of ether oxygens (including phenoxy) is 3. The number of benzene rings is 1. The van der Waals surface area contributed by atoms with Crippen LogP contribution in [0, 0.1) is 0 Å². The first-order valence-electron chi connectivity index (χ1n) is 9.76. The van der Waals surface area contributed by atoms with Crippen LogP contribution >= 0.6 is 11.8 Å². The Morgan fingerprint density at radius 2 is 2.03 bits per heavy atom. The molecule has 0 saturated carbocycles. The number of halogens is 3. The van der Waals surface area contributed by atoms with Gasteiger partial charge in [-0.15, -0.1) is 0 Å². The van der Waals surface area contributed by atoms with Crippen molar-refractivity contribution in [2.75, 3.05) is 25.7 Å². The second kappa shape index (κ2) is 9.31. The summed E-state index contributed by atoms with van der Waals surface area (Å²) in [7, 11) is 0. The molecule has 1 amide bonds. The van der Waals surface area contributed by atoms with E-state index in [-0.39, 0.29) is 41.8 Å². The summed E-state index contributed by atoms with van der Waals surface area (Å²) in [5.74, 6) is 1.03. The fourth-order valence-corrected chi connectivity index (χ4v) is 3.99. The summed E-state index contributed by atoms with van der Waals surface area (Å²) in [4.78, 5) is 19.9. The van der Waals surface area contributed by atoms with Gasteiger partial charge in [0.2, 0.25) is 12.7 Å². The van der Waals surface area contributed by atoms with Crippen LogP contribution in [0.4, 0.5) is 13.2 Å². The molecule has 0 spiro atoms. The third-order valence-corrected chi connectivity index (χ3v) is 5.62. The number of hydrogen-bond donors (Lipinski definition) is 1. The number of rotatable bonds is 7. The van der Waals surface area contributed by atoms with Gasteiger partial charge in [0, 0.05) is 30.9 Å². The molecule has 2 aliphatic rings. The SMILES string of the molecule is O=C(CCSc1nc(-c2ccc3c(c2)OCO3)cc(C(F)(F)F)n1)NC[C@H]1CCCO1. The highest BCUT2D eigenvalue weighted by Gasteiger charge is 2.34. The Bertz CT molecular complexity index is 952. The van der Waals surface area contributed by atoms with Gasteiger partial charge in [0.15, 0.2) is 16.7 Å². The molecular weight excluding hydrogens is 435 g/mol. The van der Waals surface area contributed by atoms with Gasteiger partial charge in [-0.1, -0.05) is 11.8 Å². The number of aromatic nitrogens is 2. The molecule has 1 saturated heterocycles. The standard InChI is InChI=1S/C20H20F3N3O4S/c21-20(22,23)17-9-14(12-3-4-15-16(8-12)30-11-29-15)25-19(26-17)31-7-5-18(27)24-10-13-2-1-6-28-13/h3-4,8-9,13H,1-2,5-7,10-11H2,(H,24,27)/t13-/m1/s1. The largest absolute Gasteiger partial charge is 0.454 e. The van der Waals surface area contributed by atoms with Crippen LogP contribution in [0.15, 0.2) is 29.4 Å². The number of alkyl halides is 3. The average Bonchev–Trinajstić information content (AvgIpc) is 3.42. The minimum Gasteiger partial charge on any atom is -0.454 e. The highest BCUT2D eigenvalue weighted by molar-refractivity contribution is 7.99. The van der Waals surface area contributed by atoms with E-state index in [1.54, 1.807) is 18.2 Å². The summed E-state index contributed by atoms with van der Waals surface area (Å²) in [6.45, 7) is 1.21. The summed E-state index contributed by atoms with van der Waals surface area (Å²) < 4.78 is 56.1. The molecule has 4 rings (SSSR count).